The Bertz CT molecular complexity index is 538. The summed E-state index contributed by atoms with van der Waals surface area (Å²) in [6.07, 6.45) is 0. The van der Waals surface area contributed by atoms with E-state index in [1.165, 1.54) is 7.11 Å². The standard InChI is InChI=1S/C14H16N2O2/c1-14(2,3)16-10(8-15)9-6-5-7-11(18-4)12(9)13(16)17/h5-7,10H,1-4H3. The first-order chi connectivity index (χ1) is 8.41. The Labute approximate surface area is 107 Å². The molecule has 0 radical (unpaired) electrons. The molecule has 0 bridgehead atoms. The molecule has 94 valence electrons. The molecule has 0 spiro atoms. The molecule has 0 saturated carbocycles. The third-order valence-corrected chi connectivity index (χ3v) is 3.11. The molecule has 1 heterocycles. The average molecular weight is 244 g/mol. The fraction of sp³-hybridized carbons (Fsp3) is 0.429. The highest BCUT2D eigenvalue weighted by atomic mass is 16.5. The molecule has 1 atom stereocenters. The molecule has 0 N–H and O–H groups in total. The van der Waals surface area contributed by atoms with Crippen LogP contribution in [0.4, 0.5) is 0 Å². The van der Waals surface area contributed by atoms with Crippen molar-refractivity contribution < 1.29 is 9.53 Å². The minimum atomic E-state index is -0.539. The molecule has 4 nitrogen and oxygen atoms in total. The second kappa shape index (κ2) is 4.02. The number of rotatable bonds is 1. The van der Waals surface area contributed by atoms with E-state index in [4.69, 9.17) is 4.74 Å². The Hall–Kier alpha value is -2.02. The van der Waals surface area contributed by atoms with E-state index in [2.05, 4.69) is 6.07 Å². The highest BCUT2D eigenvalue weighted by Gasteiger charge is 2.44. The number of carbonyl (C=O) groups excluding carboxylic acids is 1. The minimum Gasteiger partial charge on any atom is -0.496 e. The number of ether oxygens (including phenoxy) is 1. The maximum Gasteiger partial charge on any atom is 0.259 e. The zero-order valence-electron chi connectivity index (χ0n) is 11.0. The van der Waals surface area contributed by atoms with Crippen molar-refractivity contribution in [3.63, 3.8) is 0 Å². The highest BCUT2D eigenvalue weighted by Crippen LogP contribution is 2.41. The summed E-state index contributed by atoms with van der Waals surface area (Å²) in [5.41, 5.74) is 0.847. The topological polar surface area (TPSA) is 53.3 Å². The summed E-state index contributed by atoms with van der Waals surface area (Å²) in [6, 6.07) is 7.04. The van der Waals surface area contributed by atoms with Crippen LogP contribution in [-0.2, 0) is 0 Å². The number of nitriles is 1. The summed E-state index contributed by atoms with van der Waals surface area (Å²) in [6.45, 7) is 5.77. The Balaban J connectivity index is 2.64. The van der Waals surface area contributed by atoms with E-state index in [0.717, 1.165) is 5.56 Å². The molecule has 1 aromatic rings. The first-order valence-corrected chi connectivity index (χ1v) is 5.82. The second-order valence-electron chi connectivity index (χ2n) is 5.30. The van der Waals surface area contributed by atoms with Gasteiger partial charge >= 0.3 is 0 Å². The van der Waals surface area contributed by atoms with Gasteiger partial charge in [-0.3, -0.25) is 4.79 Å². The van der Waals surface area contributed by atoms with Crippen molar-refractivity contribution >= 4 is 5.91 Å². The van der Waals surface area contributed by atoms with E-state index in [-0.39, 0.29) is 5.91 Å². The lowest BCUT2D eigenvalue weighted by atomic mass is 10.0. The van der Waals surface area contributed by atoms with Crippen LogP contribution in [0.25, 0.3) is 0 Å². The van der Waals surface area contributed by atoms with Gasteiger partial charge < -0.3 is 9.64 Å². The van der Waals surface area contributed by atoms with Gasteiger partial charge in [0.05, 0.1) is 18.7 Å². The third-order valence-electron chi connectivity index (χ3n) is 3.11. The number of nitrogens with zero attached hydrogens (tertiary/aromatic N) is 2. The normalized spacial score (nSPS) is 18.5. The number of hydrogen-bond donors (Lipinski definition) is 0. The Morgan fingerprint density at radius 3 is 2.56 bits per heavy atom. The summed E-state index contributed by atoms with van der Waals surface area (Å²) in [5.74, 6) is 0.394. The molecular weight excluding hydrogens is 228 g/mol. The SMILES string of the molecule is COc1cccc2c1C(=O)N(C(C)(C)C)C2C#N. The van der Waals surface area contributed by atoms with E-state index in [1.807, 2.05) is 26.8 Å². The molecule has 18 heavy (non-hydrogen) atoms. The third kappa shape index (κ3) is 1.63. The minimum absolute atomic E-state index is 0.137. The molecule has 0 fully saturated rings. The summed E-state index contributed by atoms with van der Waals surface area (Å²) in [4.78, 5) is 14.1. The Morgan fingerprint density at radius 2 is 2.06 bits per heavy atom. The van der Waals surface area contributed by atoms with E-state index in [0.29, 0.717) is 11.3 Å². The first-order valence-electron chi connectivity index (χ1n) is 5.82. The van der Waals surface area contributed by atoms with Crippen molar-refractivity contribution in [2.24, 2.45) is 0 Å². The van der Waals surface area contributed by atoms with Crippen molar-refractivity contribution in [2.75, 3.05) is 7.11 Å². The molecule has 0 aliphatic carbocycles. The van der Waals surface area contributed by atoms with Gasteiger partial charge in [-0.05, 0) is 26.8 Å². The lowest BCUT2D eigenvalue weighted by Gasteiger charge is -2.34. The van der Waals surface area contributed by atoms with Crippen molar-refractivity contribution in [3.05, 3.63) is 29.3 Å². The van der Waals surface area contributed by atoms with Crippen molar-refractivity contribution in [2.45, 2.75) is 32.4 Å². The summed E-state index contributed by atoms with van der Waals surface area (Å²) in [5, 5.41) is 9.34. The largest absolute Gasteiger partial charge is 0.496 e. The van der Waals surface area contributed by atoms with E-state index in [1.54, 1.807) is 17.0 Å². The number of hydrogen-bond acceptors (Lipinski definition) is 3. The smallest absolute Gasteiger partial charge is 0.259 e. The zero-order chi connectivity index (χ0) is 13.5. The van der Waals surface area contributed by atoms with Gasteiger partial charge in [0.25, 0.3) is 5.91 Å². The molecule has 4 heteroatoms. The van der Waals surface area contributed by atoms with Crippen molar-refractivity contribution in [3.8, 4) is 11.8 Å². The van der Waals surface area contributed by atoms with Crippen LogP contribution in [0, 0.1) is 11.3 Å². The zero-order valence-corrected chi connectivity index (χ0v) is 11.0. The van der Waals surface area contributed by atoms with Gasteiger partial charge in [0, 0.05) is 11.1 Å². The van der Waals surface area contributed by atoms with E-state index < -0.39 is 11.6 Å². The van der Waals surface area contributed by atoms with Gasteiger partial charge in [0.15, 0.2) is 0 Å². The molecule has 0 saturated heterocycles. The molecule has 1 aromatic carbocycles. The number of methoxy groups -OCH3 is 1. The second-order valence-corrected chi connectivity index (χ2v) is 5.30. The van der Waals surface area contributed by atoms with Crippen LogP contribution in [0.3, 0.4) is 0 Å². The van der Waals surface area contributed by atoms with Crippen LogP contribution in [0.5, 0.6) is 5.75 Å². The Kier molecular flexibility index (Phi) is 2.78. The number of amides is 1. The quantitative estimate of drug-likeness (QED) is 0.762. The van der Waals surface area contributed by atoms with Crippen molar-refractivity contribution in [1.82, 2.24) is 4.90 Å². The fourth-order valence-electron chi connectivity index (χ4n) is 2.37. The number of carbonyl (C=O) groups is 1. The van der Waals surface area contributed by atoms with E-state index in [9.17, 15) is 10.1 Å². The lowest BCUT2D eigenvalue weighted by Crippen LogP contribution is -2.43. The molecule has 1 unspecified atom stereocenters. The van der Waals surface area contributed by atoms with E-state index >= 15 is 0 Å². The summed E-state index contributed by atoms with van der Waals surface area (Å²) >= 11 is 0. The molecule has 2 rings (SSSR count). The molecule has 1 aliphatic heterocycles. The monoisotopic (exact) mass is 244 g/mol. The number of benzene rings is 1. The predicted octanol–water partition coefficient (Wildman–Crippen LogP) is 2.51. The molecule has 1 aliphatic rings. The van der Waals surface area contributed by atoms with Crippen LogP contribution in [0.15, 0.2) is 18.2 Å². The highest BCUT2D eigenvalue weighted by molar-refractivity contribution is 6.02. The summed E-state index contributed by atoms with van der Waals surface area (Å²) in [7, 11) is 1.53. The molecule has 0 aromatic heterocycles. The molecular formula is C14H16N2O2. The molecule has 1 amide bonds. The van der Waals surface area contributed by atoms with Crippen LogP contribution >= 0.6 is 0 Å². The van der Waals surface area contributed by atoms with Gasteiger partial charge in [-0.25, -0.2) is 0 Å². The maximum absolute atomic E-state index is 12.5. The average Bonchev–Trinajstić information content (AvgIpc) is 2.61. The van der Waals surface area contributed by atoms with Gasteiger partial charge in [0.2, 0.25) is 0 Å². The van der Waals surface area contributed by atoms with Crippen LogP contribution in [-0.4, -0.2) is 23.5 Å². The van der Waals surface area contributed by atoms with Crippen LogP contribution in [0.1, 0.15) is 42.7 Å². The van der Waals surface area contributed by atoms with Gasteiger partial charge in [-0.1, -0.05) is 12.1 Å². The van der Waals surface area contributed by atoms with Gasteiger partial charge in [0.1, 0.15) is 11.8 Å². The van der Waals surface area contributed by atoms with Crippen molar-refractivity contribution in [1.29, 1.82) is 5.26 Å². The van der Waals surface area contributed by atoms with Crippen LogP contribution in [0.2, 0.25) is 0 Å². The predicted molar refractivity (Wildman–Crippen MR) is 67.3 cm³/mol. The first kappa shape index (κ1) is 12.4. The lowest BCUT2D eigenvalue weighted by molar-refractivity contribution is 0.0566. The summed E-state index contributed by atoms with van der Waals surface area (Å²) < 4.78 is 5.22. The number of fused-ring (bicyclic) bond motifs is 1. The Morgan fingerprint density at radius 1 is 1.39 bits per heavy atom. The van der Waals surface area contributed by atoms with Gasteiger partial charge in [-0.15, -0.1) is 0 Å². The fourth-order valence-corrected chi connectivity index (χ4v) is 2.37. The van der Waals surface area contributed by atoms with Gasteiger partial charge in [-0.2, -0.15) is 5.26 Å². The van der Waals surface area contributed by atoms with Crippen LogP contribution < -0.4 is 4.74 Å². The maximum atomic E-state index is 12.5.